The molecule has 0 unspecified atom stereocenters. The lowest BCUT2D eigenvalue weighted by Crippen LogP contribution is -2.05. The third kappa shape index (κ3) is 3.76. The molecule has 206 valence electrons. The maximum Gasteiger partial charge on any atom is 0.163 e. The number of benzene rings is 6. The van der Waals surface area contributed by atoms with Crippen LogP contribution in [0.1, 0.15) is 11.1 Å². The molecule has 6 aromatic carbocycles. The SMILES string of the molecule is c1ccc2c(c1)CCc1c-2cc(-c2ncc(-c3c4ccccc4c(-c4ncncn4)c4ccccc34)cn2)c2ccccc12. The summed E-state index contributed by atoms with van der Waals surface area (Å²) in [5, 5.41) is 6.85. The van der Waals surface area contributed by atoms with E-state index in [9.17, 15) is 0 Å². The van der Waals surface area contributed by atoms with E-state index in [0.29, 0.717) is 5.82 Å². The number of aryl methyl sites for hydroxylation is 2. The topological polar surface area (TPSA) is 64.5 Å². The highest BCUT2D eigenvalue weighted by Crippen LogP contribution is 2.44. The highest BCUT2D eigenvalue weighted by Gasteiger charge is 2.22. The zero-order valence-corrected chi connectivity index (χ0v) is 23.8. The normalized spacial score (nSPS) is 12.4. The number of hydrogen-bond acceptors (Lipinski definition) is 5. The number of rotatable bonds is 3. The first-order valence-corrected chi connectivity index (χ1v) is 14.9. The summed E-state index contributed by atoms with van der Waals surface area (Å²) in [6, 6.07) is 36.6. The van der Waals surface area contributed by atoms with Gasteiger partial charge in [0, 0.05) is 34.6 Å². The fourth-order valence-electron chi connectivity index (χ4n) is 7.04. The van der Waals surface area contributed by atoms with E-state index in [2.05, 4.69) is 118 Å². The minimum Gasteiger partial charge on any atom is -0.236 e. The third-order valence-electron chi connectivity index (χ3n) is 8.94. The van der Waals surface area contributed by atoms with Crippen LogP contribution < -0.4 is 0 Å². The molecular formula is C39H25N5. The zero-order chi connectivity index (χ0) is 29.0. The van der Waals surface area contributed by atoms with Gasteiger partial charge >= 0.3 is 0 Å². The van der Waals surface area contributed by atoms with Crippen LogP contribution in [0.5, 0.6) is 0 Å². The van der Waals surface area contributed by atoms with Crippen molar-refractivity contribution >= 4 is 32.3 Å². The molecule has 2 aromatic heterocycles. The molecule has 1 aliphatic carbocycles. The molecule has 8 aromatic rings. The van der Waals surface area contributed by atoms with Crippen molar-refractivity contribution in [2.45, 2.75) is 12.8 Å². The van der Waals surface area contributed by atoms with E-state index < -0.39 is 0 Å². The number of hydrogen-bond donors (Lipinski definition) is 0. The van der Waals surface area contributed by atoms with E-state index in [1.165, 1.54) is 33.0 Å². The molecule has 1 aliphatic rings. The maximum absolute atomic E-state index is 5.03. The predicted molar refractivity (Wildman–Crippen MR) is 177 cm³/mol. The minimum absolute atomic E-state index is 0.659. The van der Waals surface area contributed by atoms with E-state index in [1.54, 1.807) is 12.7 Å². The molecule has 0 aliphatic heterocycles. The highest BCUT2D eigenvalue weighted by molar-refractivity contribution is 6.20. The second-order valence-electron chi connectivity index (χ2n) is 11.3. The monoisotopic (exact) mass is 563 g/mol. The molecule has 2 heterocycles. The first-order valence-electron chi connectivity index (χ1n) is 14.9. The molecule has 0 amide bonds. The lowest BCUT2D eigenvalue weighted by atomic mass is 9.81. The van der Waals surface area contributed by atoms with Crippen molar-refractivity contribution < 1.29 is 0 Å². The quantitative estimate of drug-likeness (QED) is 0.201. The van der Waals surface area contributed by atoms with Crippen molar-refractivity contribution in [3.63, 3.8) is 0 Å². The number of nitrogens with zero attached hydrogens (tertiary/aromatic N) is 5. The summed E-state index contributed by atoms with van der Waals surface area (Å²) in [6.07, 6.45) is 9.15. The summed E-state index contributed by atoms with van der Waals surface area (Å²) in [5.74, 6) is 1.39. The van der Waals surface area contributed by atoms with Crippen LogP contribution in [-0.4, -0.2) is 24.9 Å². The summed E-state index contributed by atoms with van der Waals surface area (Å²) >= 11 is 0. The van der Waals surface area contributed by atoms with Gasteiger partial charge in [-0.15, -0.1) is 0 Å². The Morgan fingerprint density at radius 1 is 0.432 bits per heavy atom. The van der Waals surface area contributed by atoms with Gasteiger partial charge in [-0.25, -0.2) is 24.9 Å². The Bertz CT molecular complexity index is 2320. The van der Waals surface area contributed by atoms with Crippen LogP contribution >= 0.6 is 0 Å². The van der Waals surface area contributed by atoms with Gasteiger partial charge in [0.1, 0.15) is 12.7 Å². The van der Waals surface area contributed by atoms with Crippen molar-refractivity contribution in [2.75, 3.05) is 0 Å². The summed E-state index contributed by atoms with van der Waals surface area (Å²) in [4.78, 5) is 23.1. The smallest absolute Gasteiger partial charge is 0.163 e. The molecule has 0 N–H and O–H groups in total. The molecule has 9 rings (SSSR count). The van der Waals surface area contributed by atoms with Crippen molar-refractivity contribution in [3.8, 4) is 45.0 Å². The summed E-state index contributed by atoms with van der Waals surface area (Å²) < 4.78 is 0. The molecule has 0 spiro atoms. The Morgan fingerprint density at radius 2 is 1.00 bits per heavy atom. The van der Waals surface area contributed by atoms with Crippen LogP contribution in [0.3, 0.4) is 0 Å². The van der Waals surface area contributed by atoms with E-state index in [0.717, 1.165) is 62.5 Å². The lowest BCUT2D eigenvalue weighted by Gasteiger charge is -2.23. The molecule has 0 radical (unpaired) electrons. The van der Waals surface area contributed by atoms with Gasteiger partial charge < -0.3 is 0 Å². The molecule has 5 heteroatoms. The summed E-state index contributed by atoms with van der Waals surface area (Å²) in [5.41, 5.74) is 9.55. The second kappa shape index (κ2) is 9.89. The third-order valence-corrected chi connectivity index (χ3v) is 8.94. The van der Waals surface area contributed by atoms with Crippen molar-refractivity contribution in [1.82, 2.24) is 24.9 Å². The number of aromatic nitrogens is 5. The van der Waals surface area contributed by atoms with Crippen LogP contribution in [0.2, 0.25) is 0 Å². The average Bonchev–Trinajstić information content (AvgIpc) is 3.10. The molecule has 44 heavy (non-hydrogen) atoms. The van der Waals surface area contributed by atoms with Gasteiger partial charge in [0.2, 0.25) is 0 Å². The Hall–Kier alpha value is -5.81. The van der Waals surface area contributed by atoms with Crippen LogP contribution in [-0.2, 0) is 12.8 Å². The standard InChI is InChI=1S/C39H25N5/c1-2-10-26-24(9-1)17-18-29-27-11-3-4-12-28(27)35(19-34(26)29)38-41-20-25(21-42-38)36-30-13-5-7-15-32(30)37(39-43-22-40-23-44-39)33-16-8-6-14-31(33)36/h1-16,19-23H,17-18H2. The van der Waals surface area contributed by atoms with Crippen LogP contribution in [0.25, 0.3) is 77.3 Å². The Kier molecular flexibility index (Phi) is 5.56. The number of fused-ring (bicyclic) bond motifs is 7. The van der Waals surface area contributed by atoms with Gasteiger partial charge in [0.25, 0.3) is 0 Å². The second-order valence-corrected chi connectivity index (χ2v) is 11.3. The first-order chi connectivity index (χ1) is 21.8. The highest BCUT2D eigenvalue weighted by atomic mass is 15.0. The Morgan fingerprint density at radius 3 is 1.68 bits per heavy atom. The van der Waals surface area contributed by atoms with Gasteiger partial charge in [-0.05, 0) is 73.5 Å². The fourth-order valence-corrected chi connectivity index (χ4v) is 7.04. The van der Waals surface area contributed by atoms with Crippen LogP contribution in [0.15, 0.2) is 128 Å². The first kappa shape index (κ1) is 24.8. The molecule has 0 saturated carbocycles. The Labute approximate surface area is 254 Å². The van der Waals surface area contributed by atoms with Crippen molar-refractivity contribution in [2.24, 2.45) is 0 Å². The van der Waals surface area contributed by atoms with Gasteiger partial charge in [-0.2, -0.15) is 0 Å². The predicted octanol–water partition coefficient (Wildman–Crippen LogP) is 8.89. The largest absolute Gasteiger partial charge is 0.236 e. The summed E-state index contributed by atoms with van der Waals surface area (Å²) in [7, 11) is 0. The van der Waals surface area contributed by atoms with Crippen LogP contribution in [0.4, 0.5) is 0 Å². The molecule has 0 saturated heterocycles. The van der Waals surface area contributed by atoms with E-state index >= 15 is 0 Å². The van der Waals surface area contributed by atoms with Gasteiger partial charge in [0.15, 0.2) is 11.6 Å². The average molecular weight is 564 g/mol. The van der Waals surface area contributed by atoms with Gasteiger partial charge in [0.05, 0.1) is 0 Å². The van der Waals surface area contributed by atoms with Gasteiger partial charge in [-0.3, -0.25) is 0 Å². The molecule has 0 atom stereocenters. The van der Waals surface area contributed by atoms with Crippen molar-refractivity contribution in [1.29, 1.82) is 0 Å². The maximum atomic E-state index is 5.03. The molecule has 0 fully saturated rings. The van der Waals surface area contributed by atoms with Crippen molar-refractivity contribution in [3.05, 3.63) is 139 Å². The van der Waals surface area contributed by atoms with E-state index in [1.807, 2.05) is 12.4 Å². The molecular weight excluding hydrogens is 538 g/mol. The van der Waals surface area contributed by atoms with E-state index in [4.69, 9.17) is 9.97 Å². The fraction of sp³-hybridized carbons (Fsp3) is 0.0513. The van der Waals surface area contributed by atoms with E-state index in [-0.39, 0.29) is 0 Å². The molecule has 5 nitrogen and oxygen atoms in total. The lowest BCUT2D eigenvalue weighted by molar-refractivity contribution is 0.951. The van der Waals surface area contributed by atoms with Gasteiger partial charge in [-0.1, -0.05) is 97.1 Å². The Balaban J connectivity index is 1.25. The minimum atomic E-state index is 0.659. The molecule has 0 bridgehead atoms. The zero-order valence-electron chi connectivity index (χ0n) is 23.8. The summed E-state index contributed by atoms with van der Waals surface area (Å²) in [6.45, 7) is 0. The van der Waals surface area contributed by atoms with Crippen LogP contribution in [0, 0.1) is 0 Å².